The molecule has 1 aliphatic rings. The van der Waals surface area contributed by atoms with Gasteiger partial charge in [0.2, 0.25) is 0 Å². The van der Waals surface area contributed by atoms with Crippen LogP contribution in [0.5, 0.6) is 0 Å². The summed E-state index contributed by atoms with van der Waals surface area (Å²) in [5.41, 5.74) is 1.95. The molecule has 4 nitrogen and oxygen atoms in total. The summed E-state index contributed by atoms with van der Waals surface area (Å²) in [6.45, 7) is 7.92. The molecule has 1 N–H and O–H groups in total. The molecule has 102 valence electrons. The Kier molecular flexibility index (Phi) is 3.78. The lowest BCUT2D eigenvalue weighted by Crippen LogP contribution is -2.24. The number of ether oxygens (including phenoxy) is 1. The first-order chi connectivity index (χ1) is 8.39. The molecule has 1 atom stereocenters. The fraction of sp³-hybridized carbons (Fsp3) is 0.786. The van der Waals surface area contributed by atoms with E-state index in [1.165, 1.54) is 0 Å². The maximum absolute atomic E-state index is 10.6. The van der Waals surface area contributed by atoms with Crippen molar-refractivity contribution < 1.29 is 9.84 Å². The first-order valence-electron chi connectivity index (χ1n) is 6.69. The van der Waals surface area contributed by atoms with Gasteiger partial charge in [0.05, 0.1) is 11.8 Å². The van der Waals surface area contributed by atoms with E-state index < -0.39 is 6.10 Å². The van der Waals surface area contributed by atoms with Gasteiger partial charge in [-0.1, -0.05) is 20.8 Å². The number of aliphatic hydroxyl groups is 1. The summed E-state index contributed by atoms with van der Waals surface area (Å²) in [4.78, 5) is 0. The second-order valence-electron chi connectivity index (χ2n) is 6.25. The van der Waals surface area contributed by atoms with E-state index in [1.54, 1.807) is 4.68 Å². The van der Waals surface area contributed by atoms with Crippen LogP contribution in [-0.4, -0.2) is 28.1 Å². The number of aryl methyl sites for hydroxylation is 1. The predicted molar refractivity (Wildman–Crippen MR) is 70.4 cm³/mol. The second kappa shape index (κ2) is 5.02. The first-order valence-corrected chi connectivity index (χ1v) is 6.69. The van der Waals surface area contributed by atoms with Crippen molar-refractivity contribution in [3.05, 3.63) is 17.5 Å². The van der Waals surface area contributed by atoms with Crippen molar-refractivity contribution in [3.8, 4) is 0 Å². The van der Waals surface area contributed by atoms with Crippen molar-refractivity contribution in [1.82, 2.24) is 9.78 Å². The van der Waals surface area contributed by atoms with Crippen molar-refractivity contribution in [2.45, 2.75) is 45.1 Å². The van der Waals surface area contributed by atoms with Crippen LogP contribution < -0.4 is 0 Å². The fourth-order valence-electron chi connectivity index (χ4n) is 2.59. The molecule has 0 saturated carbocycles. The molecule has 1 aromatic heterocycles. The quantitative estimate of drug-likeness (QED) is 0.877. The number of aromatic nitrogens is 2. The maximum atomic E-state index is 10.6. The highest BCUT2D eigenvalue weighted by atomic mass is 16.5. The maximum Gasteiger partial charge on any atom is 0.0853 e. The van der Waals surface area contributed by atoms with Gasteiger partial charge in [-0.15, -0.1) is 0 Å². The Morgan fingerprint density at radius 1 is 1.39 bits per heavy atom. The highest BCUT2D eigenvalue weighted by Gasteiger charge is 2.30. The van der Waals surface area contributed by atoms with Gasteiger partial charge in [0, 0.05) is 37.4 Å². The van der Waals surface area contributed by atoms with Gasteiger partial charge in [-0.3, -0.25) is 4.68 Å². The molecule has 1 aliphatic heterocycles. The highest BCUT2D eigenvalue weighted by Crippen LogP contribution is 2.35. The van der Waals surface area contributed by atoms with Gasteiger partial charge in [-0.25, -0.2) is 0 Å². The zero-order valence-electron chi connectivity index (χ0n) is 11.8. The Bertz CT molecular complexity index is 400. The zero-order chi connectivity index (χ0) is 13.3. The first kappa shape index (κ1) is 13.6. The van der Waals surface area contributed by atoms with E-state index in [1.807, 2.05) is 13.2 Å². The van der Waals surface area contributed by atoms with Crippen molar-refractivity contribution in [3.63, 3.8) is 0 Å². The molecule has 0 aromatic carbocycles. The van der Waals surface area contributed by atoms with E-state index in [4.69, 9.17) is 4.74 Å². The SMILES string of the molecule is Cn1cc(C(O)C2CCOCC2)c(C(C)(C)C)n1. The minimum Gasteiger partial charge on any atom is -0.388 e. The van der Waals surface area contributed by atoms with Crippen LogP contribution in [0.3, 0.4) is 0 Å². The highest BCUT2D eigenvalue weighted by molar-refractivity contribution is 5.26. The molecule has 0 aliphatic carbocycles. The Morgan fingerprint density at radius 3 is 2.56 bits per heavy atom. The monoisotopic (exact) mass is 252 g/mol. The molecule has 1 aromatic rings. The van der Waals surface area contributed by atoms with Crippen LogP contribution in [-0.2, 0) is 17.2 Å². The standard InChI is InChI=1S/C14H24N2O2/c1-14(2,3)13-11(9-16(4)15-13)12(17)10-5-7-18-8-6-10/h9-10,12,17H,5-8H2,1-4H3. The summed E-state index contributed by atoms with van der Waals surface area (Å²) in [7, 11) is 1.91. The Hall–Kier alpha value is -0.870. The molecule has 1 unspecified atom stereocenters. The van der Waals surface area contributed by atoms with E-state index >= 15 is 0 Å². The fourth-order valence-corrected chi connectivity index (χ4v) is 2.59. The lowest BCUT2D eigenvalue weighted by atomic mass is 9.83. The third-order valence-corrected chi connectivity index (χ3v) is 3.60. The largest absolute Gasteiger partial charge is 0.388 e. The van der Waals surface area contributed by atoms with Crippen LogP contribution in [0.1, 0.15) is 51.0 Å². The Balaban J connectivity index is 2.26. The van der Waals surface area contributed by atoms with Crippen LogP contribution in [0, 0.1) is 5.92 Å². The van der Waals surface area contributed by atoms with E-state index in [-0.39, 0.29) is 5.41 Å². The molecule has 0 amide bonds. The van der Waals surface area contributed by atoms with E-state index in [9.17, 15) is 5.11 Å². The molecule has 1 fully saturated rings. The number of nitrogens with zero attached hydrogens (tertiary/aromatic N) is 2. The van der Waals surface area contributed by atoms with Crippen LogP contribution in [0.25, 0.3) is 0 Å². The third-order valence-electron chi connectivity index (χ3n) is 3.60. The van der Waals surface area contributed by atoms with Crippen LogP contribution in [0.4, 0.5) is 0 Å². The van der Waals surface area contributed by atoms with Crippen molar-refractivity contribution in [2.75, 3.05) is 13.2 Å². The predicted octanol–water partition coefficient (Wildman–Crippen LogP) is 2.18. The lowest BCUT2D eigenvalue weighted by Gasteiger charge is -2.28. The van der Waals surface area contributed by atoms with E-state index in [0.717, 1.165) is 37.3 Å². The normalized spacial score (nSPS) is 20.1. The van der Waals surface area contributed by atoms with Gasteiger partial charge in [-0.2, -0.15) is 5.10 Å². The smallest absolute Gasteiger partial charge is 0.0853 e. The van der Waals surface area contributed by atoms with Crippen LogP contribution >= 0.6 is 0 Å². The minimum atomic E-state index is -0.420. The molecule has 0 radical (unpaired) electrons. The molecule has 4 heteroatoms. The molecular formula is C14H24N2O2. The summed E-state index contributed by atoms with van der Waals surface area (Å²) in [5.74, 6) is 0.295. The molecule has 0 spiro atoms. The Morgan fingerprint density at radius 2 is 2.00 bits per heavy atom. The molecule has 18 heavy (non-hydrogen) atoms. The van der Waals surface area contributed by atoms with E-state index in [2.05, 4.69) is 25.9 Å². The van der Waals surface area contributed by atoms with E-state index in [0.29, 0.717) is 5.92 Å². The number of hydrogen-bond donors (Lipinski definition) is 1. The summed E-state index contributed by atoms with van der Waals surface area (Å²) in [6.07, 6.45) is 3.40. The van der Waals surface area contributed by atoms with Crippen LogP contribution in [0.2, 0.25) is 0 Å². The summed E-state index contributed by atoms with van der Waals surface area (Å²) in [5, 5.41) is 15.1. The summed E-state index contributed by atoms with van der Waals surface area (Å²) >= 11 is 0. The topological polar surface area (TPSA) is 47.3 Å². The number of aliphatic hydroxyl groups excluding tert-OH is 1. The van der Waals surface area contributed by atoms with Crippen LogP contribution in [0.15, 0.2) is 6.20 Å². The summed E-state index contributed by atoms with van der Waals surface area (Å²) < 4.78 is 7.16. The molecule has 0 bridgehead atoms. The lowest BCUT2D eigenvalue weighted by molar-refractivity contribution is 0.00656. The van der Waals surface area contributed by atoms with Crippen molar-refractivity contribution >= 4 is 0 Å². The minimum absolute atomic E-state index is 0.0389. The van der Waals surface area contributed by atoms with Crippen molar-refractivity contribution in [2.24, 2.45) is 13.0 Å². The van der Waals surface area contributed by atoms with Gasteiger partial charge in [0.25, 0.3) is 0 Å². The van der Waals surface area contributed by atoms with Gasteiger partial charge in [-0.05, 0) is 18.8 Å². The molecular weight excluding hydrogens is 228 g/mol. The molecule has 1 saturated heterocycles. The van der Waals surface area contributed by atoms with Gasteiger partial charge in [0.15, 0.2) is 0 Å². The average Bonchev–Trinajstić information content (AvgIpc) is 2.71. The Labute approximate surface area is 109 Å². The van der Waals surface area contributed by atoms with Gasteiger partial charge >= 0.3 is 0 Å². The van der Waals surface area contributed by atoms with Gasteiger partial charge < -0.3 is 9.84 Å². The number of rotatable bonds is 2. The zero-order valence-corrected chi connectivity index (χ0v) is 11.8. The molecule has 2 rings (SSSR count). The second-order valence-corrected chi connectivity index (χ2v) is 6.25. The van der Waals surface area contributed by atoms with Crippen molar-refractivity contribution in [1.29, 1.82) is 0 Å². The third kappa shape index (κ3) is 2.75. The number of hydrogen-bond acceptors (Lipinski definition) is 3. The molecule has 2 heterocycles. The summed E-state index contributed by atoms with van der Waals surface area (Å²) in [6, 6.07) is 0. The van der Waals surface area contributed by atoms with Gasteiger partial charge in [0.1, 0.15) is 0 Å². The average molecular weight is 252 g/mol.